The number of benzene rings is 1. The maximum absolute atomic E-state index is 11.7. The van der Waals surface area contributed by atoms with Crippen LogP contribution in [0.4, 0.5) is 10.8 Å². The molecule has 1 atom stereocenters. The Morgan fingerprint density at radius 1 is 1.43 bits per heavy atom. The molecular formula is C17H21N3O2S. The van der Waals surface area contributed by atoms with Gasteiger partial charge in [-0.3, -0.25) is 4.79 Å². The highest BCUT2D eigenvalue weighted by molar-refractivity contribution is 7.14. The maximum Gasteiger partial charge on any atom is 0.231 e. The SMILES string of the molecule is CCOCCCNc1nc(-c2ccc3c(c2)[C@@H](C)C(=O)N3)cs1. The molecule has 1 aromatic carbocycles. The molecular weight excluding hydrogens is 310 g/mol. The van der Waals surface area contributed by atoms with E-state index < -0.39 is 0 Å². The van der Waals surface area contributed by atoms with Crippen molar-refractivity contribution in [3.05, 3.63) is 29.1 Å². The number of amides is 1. The van der Waals surface area contributed by atoms with Gasteiger partial charge < -0.3 is 15.4 Å². The van der Waals surface area contributed by atoms with Crippen molar-refractivity contribution in [1.82, 2.24) is 4.98 Å². The van der Waals surface area contributed by atoms with Crippen molar-refractivity contribution in [1.29, 1.82) is 0 Å². The molecule has 1 aromatic heterocycles. The number of nitrogens with one attached hydrogen (secondary N) is 2. The standard InChI is InChI=1S/C17H21N3O2S/c1-3-22-8-4-7-18-17-20-15(10-23-17)12-5-6-14-13(9-12)11(2)16(21)19-14/h5-6,9-11H,3-4,7-8H2,1-2H3,(H,18,20)(H,19,21)/t11-/m1/s1. The number of nitrogens with zero attached hydrogens (tertiary/aromatic N) is 1. The summed E-state index contributed by atoms with van der Waals surface area (Å²) < 4.78 is 5.32. The summed E-state index contributed by atoms with van der Waals surface area (Å²) in [5, 5.41) is 9.18. The van der Waals surface area contributed by atoms with Crippen LogP contribution >= 0.6 is 11.3 Å². The summed E-state index contributed by atoms with van der Waals surface area (Å²) in [5.41, 5.74) is 3.95. The second-order valence-electron chi connectivity index (χ2n) is 5.53. The molecule has 3 rings (SSSR count). The molecule has 0 saturated heterocycles. The van der Waals surface area contributed by atoms with Gasteiger partial charge in [-0.2, -0.15) is 0 Å². The van der Waals surface area contributed by atoms with E-state index in [0.717, 1.165) is 53.8 Å². The second-order valence-corrected chi connectivity index (χ2v) is 6.39. The van der Waals surface area contributed by atoms with Gasteiger partial charge in [0.2, 0.25) is 5.91 Å². The highest BCUT2D eigenvalue weighted by Gasteiger charge is 2.26. The van der Waals surface area contributed by atoms with Crippen molar-refractivity contribution in [2.24, 2.45) is 0 Å². The summed E-state index contributed by atoms with van der Waals surface area (Å²) in [7, 11) is 0. The third-order valence-electron chi connectivity index (χ3n) is 3.91. The lowest BCUT2D eigenvalue weighted by Crippen LogP contribution is -2.08. The van der Waals surface area contributed by atoms with Gasteiger partial charge in [0, 0.05) is 36.4 Å². The molecule has 1 aliphatic rings. The van der Waals surface area contributed by atoms with E-state index in [1.54, 1.807) is 11.3 Å². The van der Waals surface area contributed by atoms with E-state index in [2.05, 4.69) is 21.7 Å². The molecule has 23 heavy (non-hydrogen) atoms. The Morgan fingerprint density at radius 3 is 3.13 bits per heavy atom. The van der Waals surface area contributed by atoms with Crippen molar-refractivity contribution in [3.63, 3.8) is 0 Å². The number of carbonyl (C=O) groups excluding carboxylic acids is 1. The Morgan fingerprint density at radius 2 is 2.30 bits per heavy atom. The fraction of sp³-hybridized carbons (Fsp3) is 0.412. The molecule has 0 unspecified atom stereocenters. The lowest BCUT2D eigenvalue weighted by molar-refractivity contribution is -0.116. The summed E-state index contributed by atoms with van der Waals surface area (Å²) in [4.78, 5) is 16.4. The number of carbonyl (C=O) groups is 1. The molecule has 2 heterocycles. The quantitative estimate of drug-likeness (QED) is 0.759. The summed E-state index contributed by atoms with van der Waals surface area (Å²) in [5.74, 6) is -0.0353. The molecule has 0 fully saturated rings. The van der Waals surface area contributed by atoms with Gasteiger partial charge >= 0.3 is 0 Å². The zero-order chi connectivity index (χ0) is 16.2. The fourth-order valence-electron chi connectivity index (χ4n) is 2.58. The Bertz CT molecular complexity index is 699. The fourth-order valence-corrected chi connectivity index (χ4v) is 3.33. The third kappa shape index (κ3) is 3.54. The van der Waals surface area contributed by atoms with Crippen LogP contribution in [0.3, 0.4) is 0 Å². The van der Waals surface area contributed by atoms with Crippen molar-refractivity contribution >= 4 is 28.1 Å². The number of rotatable bonds is 7. The minimum Gasteiger partial charge on any atom is -0.382 e. The monoisotopic (exact) mass is 331 g/mol. The van der Waals surface area contributed by atoms with E-state index in [1.807, 2.05) is 31.4 Å². The van der Waals surface area contributed by atoms with Gasteiger partial charge in [-0.25, -0.2) is 4.98 Å². The molecule has 0 radical (unpaired) electrons. The second kappa shape index (κ2) is 7.10. The first-order valence-corrected chi connectivity index (χ1v) is 8.79. The molecule has 2 aromatic rings. The lowest BCUT2D eigenvalue weighted by Gasteiger charge is -2.04. The summed E-state index contributed by atoms with van der Waals surface area (Å²) in [6.07, 6.45) is 0.965. The molecule has 1 aliphatic heterocycles. The highest BCUT2D eigenvalue weighted by Crippen LogP contribution is 2.36. The maximum atomic E-state index is 11.7. The number of anilines is 2. The average Bonchev–Trinajstić information content (AvgIpc) is 3.13. The number of fused-ring (bicyclic) bond motifs is 1. The first kappa shape index (κ1) is 16.0. The predicted octanol–water partition coefficient (Wildman–Crippen LogP) is 3.70. The number of aromatic nitrogens is 1. The van der Waals surface area contributed by atoms with E-state index in [1.165, 1.54) is 0 Å². The minimum atomic E-state index is -0.0975. The van der Waals surface area contributed by atoms with Crippen LogP contribution in [0.2, 0.25) is 0 Å². The molecule has 0 bridgehead atoms. The van der Waals surface area contributed by atoms with Crippen molar-refractivity contribution in [3.8, 4) is 11.3 Å². The van der Waals surface area contributed by atoms with Crippen LogP contribution in [0, 0.1) is 0 Å². The van der Waals surface area contributed by atoms with Crippen molar-refractivity contribution in [2.75, 3.05) is 30.4 Å². The predicted molar refractivity (Wildman–Crippen MR) is 94.2 cm³/mol. The van der Waals surface area contributed by atoms with Crippen LogP contribution in [0.5, 0.6) is 0 Å². The van der Waals surface area contributed by atoms with Crippen LogP contribution in [0.1, 0.15) is 31.7 Å². The number of hydrogen-bond acceptors (Lipinski definition) is 5. The zero-order valence-electron chi connectivity index (χ0n) is 13.4. The summed E-state index contributed by atoms with van der Waals surface area (Å²) >= 11 is 1.60. The highest BCUT2D eigenvalue weighted by atomic mass is 32.1. The smallest absolute Gasteiger partial charge is 0.231 e. The van der Waals surface area contributed by atoms with Crippen LogP contribution in [-0.2, 0) is 9.53 Å². The van der Waals surface area contributed by atoms with E-state index >= 15 is 0 Å². The van der Waals surface area contributed by atoms with Crippen LogP contribution in [0.15, 0.2) is 23.6 Å². The molecule has 122 valence electrons. The van der Waals surface area contributed by atoms with Gasteiger partial charge in [0.05, 0.1) is 11.6 Å². The number of hydrogen-bond donors (Lipinski definition) is 2. The Hall–Kier alpha value is -1.92. The van der Waals surface area contributed by atoms with E-state index in [0.29, 0.717) is 0 Å². The summed E-state index contributed by atoms with van der Waals surface area (Å²) in [6.45, 7) is 6.31. The van der Waals surface area contributed by atoms with E-state index in [-0.39, 0.29) is 11.8 Å². The zero-order valence-corrected chi connectivity index (χ0v) is 14.2. The third-order valence-corrected chi connectivity index (χ3v) is 4.71. The first-order valence-electron chi connectivity index (χ1n) is 7.91. The Balaban J connectivity index is 1.66. The van der Waals surface area contributed by atoms with E-state index in [4.69, 9.17) is 4.74 Å². The Kier molecular flexibility index (Phi) is 4.93. The van der Waals surface area contributed by atoms with E-state index in [9.17, 15) is 4.79 Å². The summed E-state index contributed by atoms with van der Waals surface area (Å²) in [6, 6.07) is 6.03. The van der Waals surface area contributed by atoms with Crippen molar-refractivity contribution < 1.29 is 9.53 Å². The molecule has 1 amide bonds. The van der Waals surface area contributed by atoms with Gasteiger partial charge in [-0.05, 0) is 38.0 Å². The molecule has 5 nitrogen and oxygen atoms in total. The molecule has 0 spiro atoms. The average molecular weight is 331 g/mol. The van der Waals surface area contributed by atoms with Gasteiger partial charge in [0.15, 0.2) is 5.13 Å². The van der Waals surface area contributed by atoms with Gasteiger partial charge in [0.25, 0.3) is 0 Å². The number of thiazole rings is 1. The molecule has 2 N–H and O–H groups in total. The van der Waals surface area contributed by atoms with Crippen molar-refractivity contribution in [2.45, 2.75) is 26.2 Å². The van der Waals surface area contributed by atoms with Crippen LogP contribution < -0.4 is 10.6 Å². The van der Waals surface area contributed by atoms with Crippen LogP contribution in [0.25, 0.3) is 11.3 Å². The Labute approximate surface area is 140 Å². The molecule has 0 saturated carbocycles. The van der Waals surface area contributed by atoms with Gasteiger partial charge in [0.1, 0.15) is 0 Å². The van der Waals surface area contributed by atoms with Crippen LogP contribution in [-0.4, -0.2) is 30.6 Å². The molecule has 6 heteroatoms. The van der Waals surface area contributed by atoms with Gasteiger partial charge in [-0.1, -0.05) is 6.07 Å². The minimum absolute atomic E-state index is 0.0621. The van der Waals surface area contributed by atoms with Gasteiger partial charge in [-0.15, -0.1) is 11.3 Å². The first-order chi connectivity index (χ1) is 11.2. The number of ether oxygens (including phenoxy) is 1. The normalized spacial score (nSPS) is 16.3. The topological polar surface area (TPSA) is 63.2 Å². The largest absolute Gasteiger partial charge is 0.382 e. The lowest BCUT2D eigenvalue weighted by atomic mass is 10.00. The molecule has 0 aliphatic carbocycles.